The summed E-state index contributed by atoms with van der Waals surface area (Å²) < 4.78 is 0. The molecular formula is C9H13ClO. The third-order valence-electron chi connectivity index (χ3n) is 1.88. The van der Waals surface area contributed by atoms with Crippen molar-refractivity contribution in [3.05, 3.63) is 23.5 Å². The van der Waals surface area contributed by atoms with Gasteiger partial charge < -0.3 is 5.11 Å². The average molecular weight is 173 g/mol. The zero-order valence-electron chi connectivity index (χ0n) is 6.89. The fourth-order valence-corrected chi connectivity index (χ4v) is 1.65. The summed E-state index contributed by atoms with van der Waals surface area (Å²) in [5.41, 5.74) is 1.14. The predicted octanol–water partition coefficient (Wildman–Crippen LogP) is 3.02. The van der Waals surface area contributed by atoms with Crippen LogP contribution in [0.1, 0.15) is 20.3 Å². The SMILES string of the molecule is CC1=CC(O)=CC(C)(CCl)C1. The molecule has 1 aliphatic carbocycles. The quantitative estimate of drug-likeness (QED) is 0.603. The van der Waals surface area contributed by atoms with Crippen LogP contribution in [0.5, 0.6) is 0 Å². The number of aliphatic hydroxyl groups excluding tert-OH is 1. The lowest BCUT2D eigenvalue weighted by atomic mass is 9.82. The Labute approximate surface area is 72.4 Å². The first-order valence-electron chi connectivity index (χ1n) is 3.71. The van der Waals surface area contributed by atoms with E-state index in [0.29, 0.717) is 11.6 Å². The van der Waals surface area contributed by atoms with Crippen LogP contribution >= 0.6 is 11.6 Å². The molecule has 1 N–H and O–H groups in total. The Balaban J connectivity index is 2.86. The van der Waals surface area contributed by atoms with Gasteiger partial charge in [-0.1, -0.05) is 12.5 Å². The molecule has 11 heavy (non-hydrogen) atoms. The number of aliphatic hydroxyl groups is 1. The Morgan fingerprint density at radius 3 is 2.82 bits per heavy atom. The molecule has 0 heterocycles. The molecule has 0 spiro atoms. The molecule has 0 aromatic carbocycles. The molecule has 2 heteroatoms. The number of allylic oxidation sites excluding steroid dienone is 3. The number of alkyl halides is 1. The van der Waals surface area contributed by atoms with Crippen molar-refractivity contribution in [1.29, 1.82) is 0 Å². The standard InChI is InChI=1S/C9H13ClO/c1-7-3-8(11)5-9(2,4-7)6-10/h3,5,11H,4,6H2,1-2H3. The van der Waals surface area contributed by atoms with Gasteiger partial charge in [-0.3, -0.25) is 0 Å². The Morgan fingerprint density at radius 2 is 2.36 bits per heavy atom. The maximum atomic E-state index is 9.27. The second-order valence-corrected chi connectivity index (χ2v) is 3.79. The zero-order valence-corrected chi connectivity index (χ0v) is 7.65. The van der Waals surface area contributed by atoms with Gasteiger partial charge in [-0.15, -0.1) is 11.6 Å². The highest BCUT2D eigenvalue weighted by Crippen LogP contribution is 2.33. The lowest BCUT2D eigenvalue weighted by Crippen LogP contribution is -2.19. The van der Waals surface area contributed by atoms with E-state index in [-0.39, 0.29) is 5.41 Å². The molecule has 0 aromatic heterocycles. The number of hydrogen-bond donors (Lipinski definition) is 1. The Morgan fingerprint density at radius 1 is 1.73 bits per heavy atom. The van der Waals surface area contributed by atoms with E-state index in [1.54, 1.807) is 6.08 Å². The molecule has 0 aromatic rings. The first-order chi connectivity index (χ1) is 5.06. The van der Waals surface area contributed by atoms with E-state index in [9.17, 15) is 5.11 Å². The van der Waals surface area contributed by atoms with E-state index in [2.05, 4.69) is 0 Å². The summed E-state index contributed by atoms with van der Waals surface area (Å²) in [6, 6.07) is 0. The van der Waals surface area contributed by atoms with Crippen LogP contribution in [-0.2, 0) is 0 Å². The highest BCUT2D eigenvalue weighted by molar-refractivity contribution is 6.18. The molecule has 62 valence electrons. The molecule has 0 saturated carbocycles. The summed E-state index contributed by atoms with van der Waals surface area (Å²) in [4.78, 5) is 0. The van der Waals surface area contributed by atoms with Gasteiger partial charge in [0, 0.05) is 11.3 Å². The van der Waals surface area contributed by atoms with Crippen molar-refractivity contribution in [2.24, 2.45) is 5.41 Å². The molecule has 0 aliphatic heterocycles. The van der Waals surface area contributed by atoms with Crippen LogP contribution in [0.15, 0.2) is 23.5 Å². The van der Waals surface area contributed by atoms with E-state index < -0.39 is 0 Å². The van der Waals surface area contributed by atoms with E-state index >= 15 is 0 Å². The summed E-state index contributed by atoms with van der Waals surface area (Å²) >= 11 is 5.77. The summed E-state index contributed by atoms with van der Waals surface area (Å²) in [5.74, 6) is 0.902. The Bertz CT molecular complexity index is 218. The third-order valence-corrected chi connectivity index (χ3v) is 2.49. The van der Waals surface area contributed by atoms with Gasteiger partial charge in [-0.25, -0.2) is 0 Å². The maximum Gasteiger partial charge on any atom is 0.112 e. The molecule has 0 saturated heterocycles. The van der Waals surface area contributed by atoms with E-state index in [1.165, 1.54) is 5.57 Å². The topological polar surface area (TPSA) is 20.2 Å². The second kappa shape index (κ2) is 2.90. The van der Waals surface area contributed by atoms with Crippen LogP contribution in [0.25, 0.3) is 0 Å². The van der Waals surface area contributed by atoms with Crippen LogP contribution in [0.2, 0.25) is 0 Å². The first kappa shape index (κ1) is 8.66. The van der Waals surface area contributed by atoms with Gasteiger partial charge in [-0.05, 0) is 25.5 Å². The smallest absolute Gasteiger partial charge is 0.112 e. The van der Waals surface area contributed by atoms with Gasteiger partial charge in [0.2, 0.25) is 0 Å². The predicted molar refractivity (Wildman–Crippen MR) is 47.9 cm³/mol. The minimum atomic E-state index is -0.0511. The third kappa shape index (κ3) is 2.00. The van der Waals surface area contributed by atoms with Crippen molar-refractivity contribution in [3.63, 3.8) is 0 Å². The molecule has 1 atom stereocenters. The zero-order chi connectivity index (χ0) is 8.48. The maximum absolute atomic E-state index is 9.27. The molecule has 1 aliphatic rings. The minimum Gasteiger partial charge on any atom is -0.508 e. The van der Waals surface area contributed by atoms with E-state index in [1.807, 2.05) is 19.9 Å². The second-order valence-electron chi connectivity index (χ2n) is 3.52. The highest BCUT2D eigenvalue weighted by Gasteiger charge is 2.24. The van der Waals surface area contributed by atoms with Crippen molar-refractivity contribution in [1.82, 2.24) is 0 Å². The summed E-state index contributed by atoms with van der Waals surface area (Å²) in [6.07, 6.45) is 4.56. The molecule has 0 radical (unpaired) electrons. The van der Waals surface area contributed by atoms with Gasteiger partial charge in [0.15, 0.2) is 0 Å². The van der Waals surface area contributed by atoms with Crippen molar-refractivity contribution in [3.8, 4) is 0 Å². The van der Waals surface area contributed by atoms with Crippen molar-refractivity contribution >= 4 is 11.6 Å². The van der Waals surface area contributed by atoms with Crippen molar-refractivity contribution in [2.45, 2.75) is 20.3 Å². The molecular weight excluding hydrogens is 160 g/mol. The lowest BCUT2D eigenvalue weighted by Gasteiger charge is -2.26. The van der Waals surface area contributed by atoms with Crippen LogP contribution < -0.4 is 0 Å². The van der Waals surface area contributed by atoms with Crippen LogP contribution in [-0.4, -0.2) is 11.0 Å². The molecule has 0 fully saturated rings. The number of rotatable bonds is 1. The summed E-state index contributed by atoms with van der Waals surface area (Å²) in [5, 5.41) is 9.27. The lowest BCUT2D eigenvalue weighted by molar-refractivity contribution is 0.385. The van der Waals surface area contributed by atoms with Crippen LogP contribution in [0.3, 0.4) is 0 Å². The minimum absolute atomic E-state index is 0.0511. The highest BCUT2D eigenvalue weighted by atomic mass is 35.5. The average Bonchev–Trinajstić information content (AvgIpc) is 1.84. The summed E-state index contributed by atoms with van der Waals surface area (Å²) in [6.45, 7) is 4.06. The molecule has 0 bridgehead atoms. The van der Waals surface area contributed by atoms with Gasteiger partial charge in [-0.2, -0.15) is 0 Å². The van der Waals surface area contributed by atoms with Gasteiger partial charge >= 0.3 is 0 Å². The van der Waals surface area contributed by atoms with E-state index in [4.69, 9.17) is 11.6 Å². The molecule has 1 nitrogen and oxygen atoms in total. The van der Waals surface area contributed by atoms with Gasteiger partial charge in [0.25, 0.3) is 0 Å². The van der Waals surface area contributed by atoms with Gasteiger partial charge in [0.05, 0.1) is 0 Å². The van der Waals surface area contributed by atoms with Gasteiger partial charge in [0.1, 0.15) is 5.76 Å². The van der Waals surface area contributed by atoms with Crippen LogP contribution in [0, 0.1) is 5.41 Å². The molecule has 1 unspecified atom stereocenters. The fraction of sp³-hybridized carbons (Fsp3) is 0.556. The number of halogens is 1. The van der Waals surface area contributed by atoms with E-state index in [0.717, 1.165) is 6.42 Å². The largest absolute Gasteiger partial charge is 0.508 e. The van der Waals surface area contributed by atoms with Crippen LogP contribution in [0.4, 0.5) is 0 Å². The first-order valence-corrected chi connectivity index (χ1v) is 4.24. The van der Waals surface area contributed by atoms with Crippen molar-refractivity contribution < 1.29 is 5.11 Å². The molecule has 1 rings (SSSR count). The normalized spacial score (nSPS) is 31.2. The Hall–Kier alpha value is -0.430. The van der Waals surface area contributed by atoms with Crippen molar-refractivity contribution in [2.75, 3.05) is 5.88 Å². The fourth-order valence-electron chi connectivity index (χ4n) is 1.48. The summed E-state index contributed by atoms with van der Waals surface area (Å²) in [7, 11) is 0. The molecule has 0 amide bonds. The monoisotopic (exact) mass is 172 g/mol. The number of hydrogen-bond acceptors (Lipinski definition) is 1. The Kier molecular flexibility index (Phi) is 2.28.